The lowest BCUT2D eigenvalue weighted by Crippen LogP contribution is -2.46. The van der Waals surface area contributed by atoms with E-state index >= 15 is 0 Å². The van der Waals surface area contributed by atoms with Gasteiger partial charge in [0.1, 0.15) is 0 Å². The molecule has 0 radical (unpaired) electrons. The van der Waals surface area contributed by atoms with Crippen LogP contribution in [0.25, 0.3) is 16.9 Å². The number of carboxylic acid groups (broad SMARTS) is 2. The molecule has 1 fully saturated rings. The number of hydrogen-bond acceptors (Lipinski definition) is 7. The number of carbonyl (C=O) groups is 2. The molecule has 4 aromatic rings. The summed E-state index contributed by atoms with van der Waals surface area (Å²) in [5.41, 5.74) is 4.62. The van der Waals surface area contributed by atoms with Gasteiger partial charge in [0.05, 0.1) is 11.9 Å². The van der Waals surface area contributed by atoms with Gasteiger partial charge in [-0.1, -0.05) is 30.3 Å². The van der Waals surface area contributed by atoms with Gasteiger partial charge < -0.3 is 15.1 Å². The predicted octanol–water partition coefficient (Wildman–Crippen LogP) is 5.05. The summed E-state index contributed by atoms with van der Waals surface area (Å²) in [6.07, 6.45) is -4.34. The number of carboxylic acids is 2. The van der Waals surface area contributed by atoms with Crippen LogP contribution in [0.2, 0.25) is 0 Å². The van der Waals surface area contributed by atoms with Crippen molar-refractivity contribution >= 4 is 34.7 Å². The van der Waals surface area contributed by atoms with Crippen molar-refractivity contribution in [1.29, 1.82) is 0 Å². The number of aliphatic carboxylic acids is 2. The molecule has 1 aliphatic rings. The minimum atomic E-state index is -5.08. The predicted molar refractivity (Wildman–Crippen MR) is 138 cm³/mol. The van der Waals surface area contributed by atoms with Gasteiger partial charge in [0, 0.05) is 50.7 Å². The molecule has 5 rings (SSSR count). The van der Waals surface area contributed by atoms with E-state index in [0.29, 0.717) is 0 Å². The highest BCUT2D eigenvalue weighted by Gasteiger charge is 2.38. The molecule has 4 heterocycles. The Hall–Kier alpha value is -4.18. The number of halogens is 6. The molecular formula is C25H23F6N5O4S. The van der Waals surface area contributed by atoms with Gasteiger partial charge in [-0.25, -0.2) is 19.6 Å². The standard InChI is InChI=1S/C21H21N5S.2C2HF3O2/c1-2-4-18(5-3-1)19-14-23-21-20(22-7-8-26(19)21)25-11-9-24(10-12-25)15-17-6-13-27-16-17;2*3-2(4,5)1(6)7/h1-8,13-14,16H,9-12,15H2;2*(H,6,7). The molecule has 0 atom stereocenters. The second-order valence-electron chi connectivity index (χ2n) is 8.45. The molecule has 0 saturated carbocycles. The van der Waals surface area contributed by atoms with Crippen molar-refractivity contribution in [2.24, 2.45) is 0 Å². The van der Waals surface area contributed by atoms with Crippen LogP contribution in [0.3, 0.4) is 0 Å². The van der Waals surface area contributed by atoms with Crippen LogP contribution in [0.4, 0.5) is 32.2 Å². The SMILES string of the molecule is O=C(O)C(F)(F)F.O=C(O)C(F)(F)F.c1ccc(-c2cnc3c(N4CCN(Cc5ccsc5)CC4)nccn23)cc1. The Bertz CT molecular complexity index is 1400. The number of fused-ring (bicyclic) bond motifs is 1. The normalized spacial score (nSPS) is 14.0. The summed E-state index contributed by atoms with van der Waals surface area (Å²) < 4.78 is 65.6. The zero-order chi connectivity index (χ0) is 30.2. The fourth-order valence-corrected chi connectivity index (χ4v) is 4.37. The molecule has 0 spiro atoms. The van der Waals surface area contributed by atoms with Crippen LogP contribution < -0.4 is 4.90 Å². The summed E-state index contributed by atoms with van der Waals surface area (Å²) in [7, 11) is 0. The van der Waals surface area contributed by atoms with Crippen molar-refractivity contribution in [3.8, 4) is 11.3 Å². The Kier molecular flexibility index (Phi) is 10.3. The number of alkyl halides is 6. The van der Waals surface area contributed by atoms with Crippen molar-refractivity contribution in [2.75, 3.05) is 31.1 Å². The maximum Gasteiger partial charge on any atom is 0.490 e. The van der Waals surface area contributed by atoms with Crippen molar-refractivity contribution in [3.05, 3.63) is 71.3 Å². The highest BCUT2D eigenvalue weighted by molar-refractivity contribution is 7.07. The minimum absolute atomic E-state index is 0.933. The first-order chi connectivity index (χ1) is 19.3. The van der Waals surface area contributed by atoms with Crippen molar-refractivity contribution in [3.63, 3.8) is 0 Å². The van der Waals surface area contributed by atoms with E-state index in [1.54, 1.807) is 11.3 Å². The third-order valence-corrected chi connectivity index (χ3v) is 6.35. The van der Waals surface area contributed by atoms with Gasteiger partial charge in [0.25, 0.3) is 0 Å². The van der Waals surface area contributed by atoms with Gasteiger partial charge in [-0.05, 0) is 22.4 Å². The van der Waals surface area contributed by atoms with Gasteiger partial charge in [-0.2, -0.15) is 37.7 Å². The molecule has 0 amide bonds. The molecule has 1 aliphatic heterocycles. The largest absolute Gasteiger partial charge is 0.490 e. The van der Waals surface area contributed by atoms with Crippen LogP contribution in [0.1, 0.15) is 5.56 Å². The number of aromatic nitrogens is 3. The first-order valence-electron chi connectivity index (χ1n) is 11.7. The van der Waals surface area contributed by atoms with Crippen molar-refractivity contribution in [1.82, 2.24) is 19.3 Å². The summed E-state index contributed by atoms with van der Waals surface area (Å²) in [6, 6.07) is 12.6. The maximum absolute atomic E-state index is 10.6. The third-order valence-electron chi connectivity index (χ3n) is 5.62. The highest BCUT2D eigenvalue weighted by Crippen LogP contribution is 2.26. The number of piperazine rings is 1. The van der Waals surface area contributed by atoms with Crippen LogP contribution in [0, 0.1) is 0 Å². The monoisotopic (exact) mass is 603 g/mol. The van der Waals surface area contributed by atoms with E-state index in [1.165, 1.54) is 11.1 Å². The molecule has 3 aromatic heterocycles. The molecule has 220 valence electrons. The fraction of sp³-hybridized carbons (Fsp3) is 0.280. The number of hydrogen-bond donors (Lipinski definition) is 2. The molecule has 0 bridgehead atoms. The Morgan fingerprint density at radius 2 is 1.46 bits per heavy atom. The number of rotatable bonds is 4. The number of anilines is 1. The zero-order valence-electron chi connectivity index (χ0n) is 21.0. The van der Waals surface area contributed by atoms with Gasteiger partial charge in [0.15, 0.2) is 11.5 Å². The number of nitrogens with zero attached hydrogens (tertiary/aromatic N) is 5. The topological polar surface area (TPSA) is 111 Å². The number of benzene rings is 1. The molecule has 9 nitrogen and oxygen atoms in total. The molecule has 2 N–H and O–H groups in total. The van der Waals surface area contributed by atoms with Gasteiger partial charge in [-0.15, -0.1) is 0 Å². The summed E-state index contributed by atoms with van der Waals surface area (Å²) in [6.45, 7) is 5.08. The molecule has 1 saturated heterocycles. The average Bonchev–Trinajstić information content (AvgIpc) is 3.59. The van der Waals surface area contributed by atoms with E-state index in [1.807, 2.05) is 24.7 Å². The zero-order valence-corrected chi connectivity index (χ0v) is 21.8. The molecule has 1 aromatic carbocycles. The first-order valence-corrected chi connectivity index (χ1v) is 12.7. The minimum Gasteiger partial charge on any atom is -0.475 e. The lowest BCUT2D eigenvalue weighted by Gasteiger charge is -2.35. The van der Waals surface area contributed by atoms with Crippen LogP contribution in [-0.4, -0.2) is 80.0 Å². The van der Waals surface area contributed by atoms with Crippen LogP contribution >= 0.6 is 11.3 Å². The lowest BCUT2D eigenvalue weighted by atomic mass is 10.2. The summed E-state index contributed by atoms with van der Waals surface area (Å²) in [4.78, 5) is 32.0. The average molecular weight is 604 g/mol. The van der Waals surface area contributed by atoms with Crippen LogP contribution in [0.15, 0.2) is 65.7 Å². The highest BCUT2D eigenvalue weighted by atomic mass is 32.1. The molecule has 41 heavy (non-hydrogen) atoms. The second-order valence-corrected chi connectivity index (χ2v) is 9.23. The van der Waals surface area contributed by atoms with Crippen molar-refractivity contribution < 1.29 is 46.1 Å². The van der Waals surface area contributed by atoms with E-state index in [9.17, 15) is 26.3 Å². The maximum atomic E-state index is 10.6. The van der Waals surface area contributed by atoms with Gasteiger partial charge in [-0.3, -0.25) is 9.30 Å². The van der Waals surface area contributed by atoms with Crippen LogP contribution in [-0.2, 0) is 16.1 Å². The molecule has 0 unspecified atom stereocenters. The third kappa shape index (κ3) is 8.91. The summed E-state index contributed by atoms with van der Waals surface area (Å²) in [5.74, 6) is -4.53. The lowest BCUT2D eigenvalue weighted by molar-refractivity contribution is -0.193. The van der Waals surface area contributed by atoms with E-state index < -0.39 is 24.3 Å². The Morgan fingerprint density at radius 1 is 0.878 bits per heavy atom. The van der Waals surface area contributed by atoms with Gasteiger partial charge in [0.2, 0.25) is 0 Å². The first kappa shape index (κ1) is 31.3. The second kappa shape index (κ2) is 13.5. The number of thiophene rings is 1. The smallest absolute Gasteiger partial charge is 0.475 e. The van der Waals surface area contributed by atoms with E-state index in [-0.39, 0.29) is 0 Å². The van der Waals surface area contributed by atoms with E-state index in [2.05, 4.69) is 60.3 Å². The van der Waals surface area contributed by atoms with Gasteiger partial charge >= 0.3 is 24.3 Å². The quantitative estimate of drug-likeness (QED) is 0.312. The van der Waals surface area contributed by atoms with E-state index in [4.69, 9.17) is 24.8 Å². The molecule has 16 heteroatoms. The molecule has 0 aliphatic carbocycles. The van der Waals surface area contributed by atoms with E-state index in [0.717, 1.165) is 49.9 Å². The Labute approximate surface area is 232 Å². The summed E-state index contributed by atoms with van der Waals surface area (Å²) >= 11 is 1.77. The summed E-state index contributed by atoms with van der Waals surface area (Å²) in [5, 5.41) is 18.6. The number of imidazole rings is 1. The molecular weight excluding hydrogens is 580 g/mol. The van der Waals surface area contributed by atoms with Crippen molar-refractivity contribution in [2.45, 2.75) is 18.9 Å². The fourth-order valence-electron chi connectivity index (χ4n) is 3.71. The Morgan fingerprint density at radius 3 is 1.98 bits per heavy atom. The Balaban J connectivity index is 0.000000276. The van der Waals surface area contributed by atoms with Crippen LogP contribution in [0.5, 0.6) is 0 Å².